The van der Waals surface area contributed by atoms with E-state index in [1.807, 2.05) is 6.29 Å². The molecule has 1 atom stereocenters. The molecule has 6 nitrogen and oxygen atoms in total. The van der Waals surface area contributed by atoms with E-state index in [0.29, 0.717) is 21.5 Å². The summed E-state index contributed by atoms with van der Waals surface area (Å²) in [5, 5.41) is 1.12. The van der Waals surface area contributed by atoms with Crippen molar-refractivity contribution >= 4 is 40.5 Å². The van der Waals surface area contributed by atoms with Crippen molar-refractivity contribution in [3.05, 3.63) is 58.9 Å². The zero-order chi connectivity index (χ0) is 23.0. The molecule has 4 rings (SSSR count). The molecule has 167 valence electrons. The van der Waals surface area contributed by atoms with Crippen molar-refractivity contribution < 1.29 is 22.8 Å². The molecule has 1 aromatic carbocycles. The Morgan fingerprint density at radius 1 is 1.19 bits per heavy atom. The van der Waals surface area contributed by atoms with Crippen molar-refractivity contribution in [3.8, 4) is 0 Å². The highest BCUT2D eigenvalue weighted by molar-refractivity contribution is 6.31. The average Bonchev–Trinajstić information content (AvgIpc) is 3.16. The van der Waals surface area contributed by atoms with Crippen LogP contribution in [0.1, 0.15) is 28.9 Å². The minimum atomic E-state index is -4.51. The van der Waals surface area contributed by atoms with Gasteiger partial charge < -0.3 is 14.4 Å². The van der Waals surface area contributed by atoms with Gasteiger partial charge in [-0.2, -0.15) is 13.2 Å². The number of hydrogen-bond donors (Lipinski definition) is 0. The number of aromatic nitrogens is 2. The second-order valence-electron chi connectivity index (χ2n) is 7.56. The molecule has 1 aliphatic rings. The molecule has 2 aromatic heterocycles. The SMILES string of the molecule is CC([C]=O)n1cc(C(=O)N2CCN(c3ncccc3C(F)(F)F)CC2)c2ccc(Cl)cc21. The first-order chi connectivity index (χ1) is 15.2. The minimum absolute atomic E-state index is 0.131. The summed E-state index contributed by atoms with van der Waals surface area (Å²) in [5.41, 5.74) is 0.249. The third-order valence-corrected chi connectivity index (χ3v) is 5.81. The van der Waals surface area contributed by atoms with Gasteiger partial charge in [-0.15, -0.1) is 0 Å². The van der Waals surface area contributed by atoms with Crippen LogP contribution in [0.4, 0.5) is 19.0 Å². The van der Waals surface area contributed by atoms with Gasteiger partial charge in [-0.3, -0.25) is 9.59 Å². The number of carbonyl (C=O) groups excluding carboxylic acids is 2. The molecule has 0 aliphatic carbocycles. The number of alkyl halides is 3. The van der Waals surface area contributed by atoms with Crippen molar-refractivity contribution in [2.75, 3.05) is 31.1 Å². The van der Waals surface area contributed by atoms with E-state index in [0.717, 1.165) is 6.07 Å². The lowest BCUT2D eigenvalue weighted by molar-refractivity contribution is -0.137. The second-order valence-corrected chi connectivity index (χ2v) is 7.99. The van der Waals surface area contributed by atoms with Gasteiger partial charge in [0, 0.05) is 49.0 Å². The van der Waals surface area contributed by atoms with Crippen LogP contribution in [-0.4, -0.2) is 52.8 Å². The lowest BCUT2D eigenvalue weighted by atomic mass is 10.1. The number of hydrogen-bond acceptors (Lipinski definition) is 4. The number of piperazine rings is 1. The lowest BCUT2D eigenvalue weighted by Gasteiger charge is -2.36. The molecule has 1 radical (unpaired) electrons. The summed E-state index contributed by atoms with van der Waals surface area (Å²) < 4.78 is 41.6. The summed E-state index contributed by atoms with van der Waals surface area (Å²) in [4.78, 5) is 31.5. The second kappa shape index (κ2) is 8.46. The Kier molecular flexibility index (Phi) is 5.85. The number of benzene rings is 1. The van der Waals surface area contributed by atoms with E-state index >= 15 is 0 Å². The van der Waals surface area contributed by atoms with Gasteiger partial charge in [0.2, 0.25) is 6.29 Å². The van der Waals surface area contributed by atoms with Gasteiger partial charge in [-0.25, -0.2) is 4.98 Å². The number of pyridine rings is 1. The third kappa shape index (κ3) is 4.04. The fraction of sp³-hybridized carbons (Fsp3) is 0.318. The largest absolute Gasteiger partial charge is 0.419 e. The maximum Gasteiger partial charge on any atom is 0.419 e. The van der Waals surface area contributed by atoms with Crippen LogP contribution in [0.5, 0.6) is 0 Å². The fourth-order valence-electron chi connectivity index (χ4n) is 3.93. The minimum Gasteiger partial charge on any atom is -0.353 e. The molecule has 0 N–H and O–H groups in total. The van der Waals surface area contributed by atoms with Crippen molar-refractivity contribution in [3.63, 3.8) is 0 Å². The summed E-state index contributed by atoms with van der Waals surface area (Å²) >= 11 is 6.10. The number of carbonyl (C=O) groups is 1. The number of halogens is 4. The Morgan fingerprint density at radius 2 is 1.91 bits per heavy atom. The Bertz CT molecular complexity index is 1170. The number of amides is 1. The van der Waals surface area contributed by atoms with E-state index in [4.69, 9.17) is 11.6 Å². The maximum atomic E-state index is 13.3. The fourth-order valence-corrected chi connectivity index (χ4v) is 4.10. The monoisotopic (exact) mass is 463 g/mol. The number of nitrogens with zero attached hydrogens (tertiary/aromatic N) is 4. The van der Waals surface area contributed by atoms with E-state index in [2.05, 4.69) is 4.98 Å². The van der Waals surface area contributed by atoms with E-state index in [9.17, 15) is 22.8 Å². The molecule has 1 fully saturated rings. The van der Waals surface area contributed by atoms with Gasteiger partial charge in [-0.1, -0.05) is 17.7 Å². The number of fused-ring (bicyclic) bond motifs is 1. The standard InChI is InChI=1S/C22H19ClF3N4O2/c1-14(13-31)30-12-17(16-5-4-15(23)11-19(16)30)21(32)29-9-7-28(8-10-29)20-18(22(24,25)26)3-2-6-27-20/h2-6,11-12,14H,7-10H2,1H3. The quantitative estimate of drug-likeness (QED) is 0.577. The van der Waals surface area contributed by atoms with Crippen molar-refractivity contribution in [2.45, 2.75) is 19.1 Å². The molecular weight excluding hydrogens is 445 g/mol. The van der Waals surface area contributed by atoms with Crippen LogP contribution in [0.15, 0.2) is 42.7 Å². The lowest BCUT2D eigenvalue weighted by Crippen LogP contribution is -2.49. The summed E-state index contributed by atoms with van der Waals surface area (Å²) in [6.07, 6.45) is 0.327. The van der Waals surface area contributed by atoms with Crippen LogP contribution in [0.3, 0.4) is 0 Å². The first-order valence-electron chi connectivity index (χ1n) is 9.95. The first-order valence-corrected chi connectivity index (χ1v) is 10.3. The van der Waals surface area contributed by atoms with Crippen LogP contribution in [0, 0.1) is 0 Å². The van der Waals surface area contributed by atoms with Crippen LogP contribution < -0.4 is 4.90 Å². The highest BCUT2D eigenvalue weighted by Crippen LogP contribution is 2.35. The first kappa shape index (κ1) is 22.1. The smallest absolute Gasteiger partial charge is 0.353 e. The van der Waals surface area contributed by atoms with Gasteiger partial charge in [0.15, 0.2) is 0 Å². The van der Waals surface area contributed by atoms with Gasteiger partial charge in [-0.05, 0) is 31.2 Å². The van der Waals surface area contributed by atoms with Crippen LogP contribution in [0.25, 0.3) is 10.9 Å². The maximum absolute atomic E-state index is 13.3. The topological polar surface area (TPSA) is 58.4 Å². The predicted octanol–water partition coefficient (Wildman–Crippen LogP) is 4.34. The normalized spacial score (nSPS) is 15.8. The Morgan fingerprint density at radius 3 is 2.56 bits per heavy atom. The van der Waals surface area contributed by atoms with Crippen molar-refractivity contribution in [1.82, 2.24) is 14.5 Å². The van der Waals surface area contributed by atoms with Crippen molar-refractivity contribution in [1.29, 1.82) is 0 Å². The van der Waals surface area contributed by atoms with Crippen LogP contribution >= 0.6 is 11.6 Å². The van der Waals surface area contributed by atoms with Crippen molar-refractivity contribution in [2.24, 2.45) is 0 Å². The van der Waals surface area contributed by atoms with Gasteiger partial charge >= 0.3 is 6.18 Å². The molecule has 1 saturated heterocycles. The molecule has 1 unspecified atom stereocenters. The summed E-state index contributed by atoms with van der Waals surface area (Å²) in [6, 6.07) is 6.71. The summed E-state index contributed by atoms with van der Waals surface area (Å²) in [7, 11) is 0. The van der Waals surface area contributed by atoms with Gasteiger partial charge in [0.05, 0.1) is 22.7 Å². The Labute approximate surface area is 187 Å². The van der Waals surface area contributed by atoms with Crippen LogP contribution in [-0.2, 0) is 11.0 Å². The molecule has 10 heteroatoms. The van der Waals surface area contributed by atoms with Gasteiger partial charge in [0.1, 0.15) is 5.82 Å². The molecular formula is C22H19ClF3N4O2. The van der Waals surface area contributed by atoms with E-state index in [-0.39, 0.29) is 37.9 Å². The summed E-state index contributed by atoms with van der Waals surface area (Å²) in [6.45, 7) is 2.57. The Balaban J connectivity index is 1.58. The van der Waals surface area contributed by atoms with E-state index in [1.165, 1.54) is 12.3 Å². The average molecular weight is 464 g/mol. The predicted molar refractivity (Wildman–Crippen MR) is 115 cm³/mol. The van der Waals surface area contributed by atoms with Crippen LogP contribution in [0.2, 0.25) is 5.02 Å². The zero-order valence-corrected chi connectivity index (χ0v) is 17.8. The Hall–Kier alpha value is -3.07. The molecule has 3 aromatic rings. The molecule has 0 saturated carbocycles. The molecule has 1 amide bonds. The molecule has 0 spiro atoms. The highest BCUT2D eigenvalue weighted by atomic mass is 35.5. The van der Waals surface area contributed by atoms with E-state index in [1.54, 1.807) is 45.7 Å². The molecule has 32 heavy (non-hydrogen) atoms. The molecule has 3 heterocycles. The number of anilines is 1. The zero-order valence-electron chi connectivity index (χ0n) is 17.1. The third-order valence-electron chi connectivity index (χ3n) is 5.57. The number of rotatable bonds is 4. The molecule has 1 aliphatic heterocycles. The van der Waals surface area contributed by atoms with E-state index < -0.39 is 17.8 Å². The highest BCUT2D eigenvalue weighted by Gasteiger charge is 2.36. The van der Waals surface area contributed by atoms with Gasteiger partial charge in [0.25, 0.3) is 5.91 Å². The summed E-state index contributed by atoms with van der Waals surface area (Å²) in [5.74, 6) is -0.389. The molecule has 0 bridgehead atoms.